The standard InChI is InChI=1S/C15H25N3O3/c1-4-13-12(14(5-2)21-17-13)8-15(19)16-9-11-10-18(3)6-7-20-11/h11H,4-10H2,1-3H3,(H,16,19). The maximum Gasteiger partial charge on any atom is 0.224 e. The van der Waals surface area contributed by atoms with Crippen molar-refractivity contribution in [2.45, 2.75) is 39.2 Å². The van der Waals surface area contributed by atoms with E-state index < -0.39 is 0 Å². The van der Waals surface area contributed by atoms with Crippen molar-refractivity contribution in [2.75, 3.05) is 33.3 Å². The van der Waals surface area contributed by atoms with Crippen LogP contribution in [0.5, 0.6) is 0 Å². The van der Waals surface area contributed by atoms with E-state index in [0.717, 1.165) is 49.6 Å². The van der Waals surface area contributed by atoms with Crippen molar-refractivity contribution in [2.24, 2.45) is 0 Å². The van der Waals surface area contributed by atoms with Crippen LogP contribution < -0.4 is 5.32 Å². The number of carbonyl (C=O) groups excluding carboxylic acids is 1. The number of hydrogen-bond donors (Lipinski definition) is 1. The Labute approximate surface area is 125 Å². The van der Waals surface area contributed by atoms with E-state index in [2.05, 4.69) is 22.4 Å². The molecule has 1 unspecified atom stereocenters. The highest BCUT2D eigenvalue weighted by Crippen LogP contribution is 2.16. The summed E-state index contributed by atoms with van der Waals surface area (Å²) in [6.45, 7) is 7.11. The van der Waals surface area contributed by atoms with E-state index in [-0.39, 0.29) is 12.0 Å². The molecule has 1 atom stereocenters. The molecular weight excluding hydrogens is 270 g/mol. The van der Waals surface area contributed by atoms with Gasteiger partial charge < -0.3 is 19.5 Å². The molecule has 0 spiro atoms. The summed E-state index contributed by atoms with van der Waals surface area (Å²) in [5, 5.41) is 6.99. The number of amides is 1. The molecule has 0 saturated carbocycles. The summed E-state index contributed by atoms with van der Waals surface area (Å²) in [7, 11) is 2.07. The monoisotopic (exact) mass is 295 g/mol. The fourth-order valence-corrected chi connectivity index (χ4v) is 2.58. The topological polar surface area (TPSA) is 67.6 Å². The Morgan fingerprint density at radius 1 is 1.43 bits per heavy atom. The van der Waals surface area contributed by atoms with Crippen LogP contribution in [0.25, 0.3) is 0 Å². The summed E-state index contributed by atoms with van der Waals surface area (Å²) in [6, 6.07) is 0. The minimum absolute atomic E-state index is 0.000531. The zero-order valence-corrected chi connectivity index (χ0v) is 13.1. The number of ether oxygens (including phenoxy) is 1. The van der Waals surface area contributed by atoms with Gasteiger partial charge in [0.1, 0.15) is 5.76 Å². The van der Waals surface area contributed by atoms with Crippen LogP contribution in [0.2, 0.25) is 0 Å². The maximum atomic E-state index is 12.1. The third-order valence-corrected chi connectivity index (χ3v) is 3.81. The molecule has 1 N–H and O–H groups in total. The highest BCUT2D eigenvalue weighted by Gasteiger charge is 2.20. The second-order valence-corrected chi connectivity index (χ2v) is 5.47. The minimum Gasteiger partial charge on any atom is -0.374 e. The normalized spacial score (nSPS) is 19.7. The largest absolute Gasteiger partial charge is 0.374 e. The van der Waals surface area contributed by atoms with E-state index >= 15 is 0 Å². The first-order valence-electron chi connectivity index (χ1n) is 7.67. The van der Waals surface area contributed by atoms with Crippen LogP contribution in [0.3, 0.4) is 0 Å². The van der Waals surface area contributed by atoms with E-state index in [1.807, 2.05) is 13.8 Å². The summed E-state index contributed by atoms with van der Waals surface area (Å²) >= 11 is 0. The van der Waals surface area contributed by atoms with E-state index in [9.17, 15) is 4.79 Å². The summed E-state index contributed by atoms with van der Waals surface area (Å²) in [6.07, 6.45) is 1.94. The lowest BCUT2D eigenvalue weighted by atomic mass is 10.1. The molecule has 2 heterocycles. The predicted molar refractivity (Wildman–Crippen MR) is 79.2 cm³/mol. The van der Waals surface area contributed by atoms with Gasteiger partial charge >= 0.3 is 0 Å². The first-order chi connectivity index (χ1) is 10.1. The average molecular weight is 295 g/mol. The molecule has 0 bridgehead atoms. The van der Waals surface area contributed by atoms with Gasteiger partial charge in [0.25, 0.3) is 0 Å². The zero-order chi connectivity index (χ0) is 15.2. The summed E-state index contributed by atoms with van der Waals surface area (Å²) in [4.78, 5) is 14.3. The number of morpholine rings is 1. The number of rotatable bonds is 6. The number of likely N-dealkylation sites (N-methyl/N-ethyl adjacent to an activating group) is 1. The zero-order valence-electron chi connectivity index (χ0n) is 13.1. The van der Waals surface area contributed by atoms with Crippen molar-refractivity contribution in [3.63, 3.8) is 0 Å². The fourth-order valence-electron chi connectivity index (χ4n) is 2.58. The van der Waals surface area contributed by atoms with Gasteiger partial charge in [-0.25, -0.2) is 0 Å². The van der Waals surface area contributed by atoms with Gasteiger partial charge in [-0.2, -0.15) is 0 Å². The van der Waals surface area contributed by atoms with Gasteiger partial charge in [-0.3, -0.25) is 4.79 Å². The highest BCUT2D eigenvalue weighted by atomic mass is 16.5. The molecule has 6 nitrogen and oxygen atoms in total. The van der Waals surface area contributed by atoms with Gasteiger partial charge in [0.15, 0.2) is 0 Å². The Kier molecular flexibility index (Phi) is 5.76. The molecule has 0 aromatic carbocycles. The lowest BCUT2D eigenvalue weighted by Crippen LogP contribution is -2.46. The van der Waals surface area contributed by atoms with Crippen molar-refractivity contribution in [3.8, 4) is 0 Å². The number of aromatic nitrogens is 1. The van der Waals surface area contributed by atoms with Gasteiger partial charge in [0.2, 0.25) is 5.91 Å². The van der Waals surface area contributed by atoms with Crippen LogP contribution in [0.1, 0.15) is 30.9 Å². The van der Waals surface area contributed by atoms with Crippen LogP contribution in [0.15, 0.2) is 4.52 Å². The third-order valence-electron chi connectivity index (χ3n) is 3.81. The number of aryl methyl sites for hydroxylation is 2. The molecule has 1 aliphatic rings. The Bertz CT molecular complexity index is 451. The van der Waals surface area contributed by atoms with Gasteiger partial charge in [-0.1, -0.05) is 19.0 Å². The van der Waals surface area contributed by atoms with Gasteiger partial charge in [0.05, 0.1) is 24.8 Å². The first-order valence-corrected chi connectivity index (χ1v) is 7.67. The molecule has 21 heavy (non-hydrogen) atoms. The second kappa shape index (κ2) is 7.56. The number of nitrogens with zero attached hydrogens (tertiary/aromatic N) is 2. The smallest absolute Gasteiger partial charge is 0.224 e. The van der Waals surface area contributed by atoms with Crippen LogP contribution in [0.4, 0.5) is 0 Å². The quantitative estimate of drug-likeness (QED) is 0.840. The molecule has 118 valence electrons. The number of nitrogens with one attached hydrogen (secondary N) is 1. The molecule has 1 aliphatic heterocycles. The lowest BCUT2D eigenvalue weighted by molar-refractivity contribution is -0.121. The molecule has 1 aromatic heterocycles. The van der Waals surface area contributed by atoms with Crippen molar-refractivity contribution in [1.29, 1.82) is 0 Å². The number of hydrogen-bond acceptors (Lipinski definition) is 5. The third kappa shape index (κ3) is 4.28. The molecular formula is C15H25N3O3. The molecule has 2 rings (SSSR count). The summed E-state index contributed by atoms with van der Waals surface area (Å²) in [5.74, 6) is 0.815. The molecule has 1 saturated heterocycles. The molecule has 6 heteroatoms. The average Bonchev–Trinajstić information content (AvgIpc) is 2.87. The lowest BCUT2D eigenvalue weighted by Gasteiger charge is -2.30. The van der Waals surface area contributed by atoms with E-state index in [1.54, 1.807) is 0 Å². The Balaban J connectivity index is 1.85. The van der Waals surface area contributed by atoms with Crippen LogP contribution >= 0.6 is 0 Å². The van der Waals surface area contributed by atoms with E-state index in [0.29, 0.717) is 13.0 Å². The summed E-state index contributed by atoms with van der Waals surface area (Å²) < 4.78 is 10.9. The summed E-state index contributed by atoms with van der Waals surface area (Å²) in [5.41, 5.74) is 1.83. The van der Waals surface area contributed by atoms with Crippen molar-refractivity contribution >= 4 is 5.91 Å². The van der Waals surface area contributed by atoms with E-state index in [1.165, 1.54) is 0 Å². The van der Waals surface area contributed by atoms with Gasteiger partial charge in [-0.15, -0.1) is 0 Å². The first kappa shape index (κ1) is 16.0. The highest BCUT2D eigenvalue weighted by molar-refractivity contribution is 5.79. The van der Waals surface area contributed by atoms with Crippen molar-refractivity contribution in [1.82, 2.24) is 15.4 Å². The van der Waals surface area contributed by atoms with E-state index in [4.69, 9.17) is 9.26 Å². The SMILES string of the molecule is CCc1noc(CC)c1CC(=O)NCC1CN(C)CCO1. The maximum absolute atomic E-state index is 12.1. The Hall–Kier alpha value is -1.40. The molecule has 0 aliphatic carbocycles. The molecule has 0 radical (unpaired) electrons. The van der Waals surface area contributed by atoms with Crippen LogP contribution in [-0.2, 0) is 28.8 Å². The van der Waals surface area contributed by atoms with Crippen molar-refractivity contribution < 1.29 is 14.1 Å². The Morgan fingerprint density at radius 3 is 2.90 bits per heavy atom. The Morgan fingerprint density at radius 2 is 2.24 bits per heavy atom. The molecule has 1 aromatic rings. The number of carbonyl (C=O) groups is 1. The van der Waals surface area contributed by atoms with Crippen molar-refractivity contribution in [3.05, 3.63) is 17.0 Å². The fraction of sp³-hybridized carbons (Fsp3) is 0.733. The minimum atomic E-state index is -0.000531. The van der Waals surface area contributed by atoms with Gasteiger partial charge in [0, 0.05) is 31.6 Å². The second-order valence-electron chi connectivity index (χ2n) is 5.47. The van der Waals surface area contributed by atoms with Crippen LogP contribution in [0, 0.1) is 0 Å². The van der Waals surface area contributed by atoms with Crippen LogP contribution in [-0.4, -0.2) is 55.4 Å². The predicted octanol–water partition coefficient (Wildman–Crippen LogP) is 0.789. The molecule has 1 fully saturated rings. The molecule has 1 amide bonds. The van der Waals surface area contributed by atoms with Gasteiger partial charge in [-0.05, 0) is 13.5 Å².